The maximum absolute atomic E-state index is 11.9. The number of carbonyl (C=O) groups excluding carboxylic acids is 1. The number of rotatable bonds is 6. The summed E-state index contributed by atoms with van der Waals surface area (Å²) >= 11 is 0. The molecule has 3 heteroatoms. The quantitative estimate of drug-likeness (QED) is 0.838. The molecule has 0 aliphatic heterocycles. The molecule has 2 unspecified atom stereocenters. The summed E-state index contributed by atoms with van der Waals surface area (Å²) in [6, 6.07) is 4.41. The fraction of sp³-hybridized carbons (Fsp3) is 0.588. The summed E-state index contributed by atoms with van der Waals surface area (Å²) in [7, 11) is 0. The van der Waals surface area contributed by atoms with Crippen LogP contribution in [0.4, 0.5) is 0 Å². The highest BCUT2D eigenvalue weighted by molar-refractivity contribution is 5.81. The van der Waals surface area contributed by atoms with Crippen LogP contribution in [0.2, 0.25) is 0 Å². The van der Waals surface area contributed by atoms with Crippen molar-refractivity contribution >= 4 is 5.91 Å². The molecule has 0 aromatic heterocycles. The Hall–Kier alpha value is -1.35. The first-order valence-electron chi connectivity index (χ1n) is 7.48. The summed E-state index contributed by atoms with van der Waals surface area (Å²) in [4.78, 5) is 11.9. The van der Waals surface area contributed by atoms with Crippen molar-refractivity contribution in [2.75, 3.05) is 6.54 Å². The first-order valence-corrected chi connectivity index (χ1v) is 7.48. The van der Waals surface area contributed by atoms with Crippen LogP contribution in [0.25, 0.3) is 0 Å². The molecule has 0 saturated carbocycles. The van der Waals surface area contributed by atoms with Crippen LogP contribution in [-0.2, 0) is 4.79 Å². The molecule has 1 aromatic rings. The van der Waals surface area contributed by atoms with Gasteiger partial charge in [-0.25, -0.2) is 0 Å². The fourth-order valence-electron chi connectivity index (χ4n) is 2.39. The maximum Gasteiger partial charge on any atom is 0.236 e. The Morgan fingerprint density at radius 2 is 1.70 bits per heavy atom. The van der Waals surface area contributed by atoms with Crippen LogP contribution in [-0.4, -0.2) is 18.5 Å². The normalized spacial score (nSPS) is 13.9. The van der Waals surface area contributed by atoms with Crippen molar-refractivity contribution in [3.05, 3.63) is 34.4 Å². The van der Waals surface area contributed by atoms with Crippen molar-refractivity contribution in [2.24, 2.45) is 0 Å². The third-order valence-electron chi connectivity index (χ3n) is 3.79. The molecule has 3 nitrogen and oxygen atoms in total. The van der Waals surface area contributed by atoms with Crippen LogP contribution in [0.1, 0.15) is 55.5 Å². The average Bonchev–Trinajstić information content (AvgIpc) is 2.39. The van der Waals surface area contributed by atoms with Crippen LogP contribution < -0.4 is 10.6 Å². The summed E-state index contributed by atoms with van der Waals surface area (Å²) in [5.74, 6) is 0.0696. The molecular weight excluding hydrogens is 248 g/mol. The number of nitrogens with one attached hydrogen (secondary N) is 2. The van der Waals surface area contributed by atoms with E-state index in [-0.39, 0.29) is 18.0 Å². The lowest BCUT2D eigenvalue weighted by atomic mass is 9.96. The summed E-state index contributed by atoms with van der Waals surface area (Å²) in [5, 5.41) is 6.30. The van der Waals surface area contributed by atoms with Gasteiger partial charge >= 0.3 is 0 Å². The van der Waals surface area contributed by atoms with E-state index in [0.717, 1.165) is 13.0 Å². The molecule has 2 atom stereocenters. The second-order valence-electron chi connectivity index (χ2n) is 5.69. The van der Waals surface area contributed by atoms with Crippen molar-refractivity contribution in [2.45, 2.75) is 60.0 Å². The van der Waals surface area contributed by atoms with E-state index in [1.54, 1.807) is 0 Å². The number of hydrogen-bond donors (Lipinski definition) is 2. The van der Waals surface area contributed by atoms with E-state index < -0.39 is 0 Å². The van der Waals surface area contributed by atoms with Gasteiger partial charge in [-0.2, -0.15) is 0 Å². The van der Waals surface area contributed by atoms with E-state index in [0.29, 0.717) is 0 Å². The van der Waals surface area contributed by atoms with Gasteiger partial charge in [-0.1, -0.05) is 19.1 Å². The number of amides is 1. The minimum Gasteiger partial charge on any atom is -0.355 e. The molecule has 1 aromatic carbocycles. The van der Waals surface area contributed by atoms with E-state index in [2.05, 4.69) is 57.4 Å². The van der Waals surface area contributed by atoms with Gasteiger partial charge in [0, 0.05) is 12.6 Å². The molecule has 20 heavy (non-hydrogen) atoms. The molecular formula is C17H28N2O. The standard InChI is InChI=1S/C17H28N2O/c1-7-8-18-17(20)15(6)19-14(5)16-10-12(3)11(2)9-13(16)4/h9-10,14-15,19H,7-8H2,1-6H3,(H,18,20). The highest BCUT2D eigenvalue weighted by Crippen LogP contribution is 2.21. The largest absolute Gasteiger partial charge is 0.355 e. The van der Waals surface area contributed by atoms with E-state index in [1.807, 2.05) is 6.92 Å². The van der Waals surface area contributed by atoms with Crippen molar-refractivity contribution in [3.63, 3.8) is 0 Å². The number of aryl methyl sites for hydroxylation is 3. The second-order valence-corrected chi connectivity index (χ2v) is 5.69. The summed E-state index contributed by atoms with van der Waals surface area (Å²) in [6.45, 7) is 13.2. The van der Waals surface area contributed by atoms with Crippen molar-refractivity contribution in [3.8, 4) is 0 Å². The average molecular weight is 276 g/mol. The molecule has 0 saturated heterocycles. The van der Waals surface area contributed by atoms with Crippen LogP contribution >= 0.6 is 0 Å². The molecule has 0 heterocycles. The SMILES string of the molecule is CCCNC(=O)C(C)NC(C)c1cc(C)c(C)cc1C. The molecule has 0 bridgehead atoms. The Balaban J connectivity index is 2.73. The monoisotopic (exact) mass is 276 g/mol. The highest BCUT2D eigenvalue weighted by Gasteiger charge is 2.17. The number of hydrogen-bond acceptors (Lipinski definition) is 2. The van der Waals surface area contributed by atoms with Crippen LogP contribution in [0.15, 0.2) is 12.1 Å². The van der Waals surface area contributed by atoms with Gasteiger partial charge in [0.15, 0.2) is 0 Å². The third kappa shape index (κ3) is 4.34. The lowest BCUT2D eigenvalue weighted by Gasteiger charge is -2.22. The topological polar surface area (TPSA) is 41.1 Å². The Labute approximate surface area is 123 Å². The van der Waals surface area contributed by atoms with Gasteiger partial charge < -0.3 is 5.32 Å². The van der Waals surface area contributed by atoms with Gasteiger partial charge in [-0.05, 0) is 63.3 Å². The summed E-state index contributed by atoms with van der Waals surface area (Å²) in [6.07, 6.45) is 0.963. The van der Waals surface area contributed by atoms with Crippen LogP contribution in [0.3, 0.4) is 0 Å². The zero-order valence-corrected chi connectivity index (χ0v) is 13.6. The van der Waals surface area contributed by atoms with Gasteiger partial charge in [0.1, 0.15) is 0 Å². The van der Waals surface area contributed by atoms with E-state index >= 15 is 0 Å². The van der Waals surface area contributed by atoms with Gasteiger partial charge in [0.2, 0.25) is 5.91 Å². The number of benzene rings is 1. The van der Waals surface area contributed by atoms with Gasteiger partial charge in [0.25, 0.3) is 0 Å². The predicted octanol–water partition coefficient (Wildman–Crippen LogP) is 3.18. The summed E-state index contributed by atoms with van der Waals surface area (Å²) in [5.41, 5.74) is 5.15. The third-order valence-corrected chi connectivity index (χ3v) is 3.79. The Morgan fingerprint density at radius 3 is 2.30 bits per heavy atom. The van der Waals surface area contributed by atoms with Crippen LogP contribution in [0.5, 0.6) is 0 Å². The second kappa shape index (κ2) is 7.44. The van der Waals surface area contributed by atoms with Crippen molar-refractivity contribution in [1.29, 1.82) is 0 Å². The van der Waals surface area contributed by atoms with E-state index in [4.69, 9.17) is 0 Å². The van der Waals surface area contributed by atoms with E-state index in [9.17, 15) is 4.79 Å². The first kappa shape index (κ1) is 16.7. The molecule has 0 aliphatic carbocycles. The lowest BCUT2D eigenvalue weighted by Crippen LogP contribution is -2.43. The smallest absolute Gasteiger partial charge is 0.236 e. The minimum atomic E-state index is -0.183. The number of carbonyl (C=O) groups is 1. The molecule has 0 aliphatic rings. The molecule has 1 rings (SSSR count). The molecule has 0 spiro atoms. The maximum atomic E-state index is 11.9. The van der Waals surface area contributed by atoms with E-state index in [1.165, 1.54) is 22.3 Å². The van der Waals surface area contributed by atoms with Crippen molar-refractivity contribution in [1.82, 2.24) is 10.6 Å². The minimum absolute atomic E-state index is 0.0696. The highest BCUT2D eigenvalue weighted by atomic mass is 16.2. The Morgan fingerprint density at radius 1 is 1.10 bits per heavy atom. The lowest BCUT2D eigenvalue weighted by molar-refractivity contribution is -0.122. The van der Waals surface area contributed by atoms with Gasteiger partial charge in [-0.15, -0.1) is 0 Å². The fourth-order valence-corrected chi connectivity index (χ4v) is 2.39. The zero-order valence-electron chi connectivity index (χ0n) is 13.6. The first-order chi connectivity index (χ1) is 9.36. The summed E-state index contributed by atoms with van der Waals surface area (Å²) < 4.78 is 0. The molecule has 0 radical (unpaired) electrons. The molecule has 2 N–H and O–H groups in total. The molecule has 0 fully saturated rings. The molecule has 112 valence electrons. The molecule has 1 amide bonds. The zero-order chi connectivity index (χ0) is 15.3. The predicted molar refractivity (Wildman–Crippen MR) is 85.0 cm³/mol. The Bertz CT molecular complexity index is 468. The van der Waals surface area contributed by atoms with Gasteiger partial charge in [0.05, 0.1) is 6.04 Å². The Kier molecular flexibility index (Phi) is 6.21. The van der Waals surface area contributed by atoms with Crippen molar-refractivity contribution < 1.29 is 4.79 Å². The van der Waals surface area contributed by atoms with Crippen LogP contribution in [0, 0.1) is 20.8 Å². The van der Waals surface area contributed by atoms with Gasteiger partial charge in [-0.3, -0.25) is 10.1 Å².